The molecule has 1 heterocycles. The first-order chi connectivity index (χ1) is 11.6. The van der Waals surface area contributed by atoms with Gasteiger partial charge in [0.25, 0.3) is 0 Å². The quantitative estimate of drug-likeness (QED) is 0.878. The Hall–Kier alpha value is -2.17. The normalized spacial score (nSPS) is 15.0. The highest BCUT2D eigenvalue weighted by molar-refractivity contribution is 5.97. The largest absolute Gasteiger partial charge is 0.388 e. The van der Waals surface area contributed by atoms with Gasteiger partial charge in [0.05, 0.1) is 0 Å². The molecule has 0 fully saturated rings. The minimum Gasteiger partial charge on any atom is -0.388 e. The molecule has 0 atom stereocenters. The number of likely N-dealkylation sites (N-methyl/N-ethyl adjacent to an activating group) is 1. The summed E-state index contributed by atoms with van der Waals surface area (Å²) in [4.78, 5) is 16.4. The van der Waals surface area contributed by atoms with Gasteiger partial charge in [0.1, 0.15) is 6.61 Å². The van der Waals surface area contributed by atoms with Crippen LogP contribution in [0.1, 0.15) is 27.0 Å². The zero-order valence-electron chi connectivity index (χ0n) is 14.3. The zero-order chi connectivity index (χ0) is 17.1. The molecule has 2 aromatic carbocycles. The van der Waals surface area contributed by atoms with Gasteiger partial charge in [-0.05, 0) is 36.2 Å². The highest BCUT2D eigenvalue weighted by atomic mass is 16.3. The molecule has 126 valence electrons. The monoisotopic (exact) mass is 324 g/mol. The van der Waals surface area contributed by atoms with Gasteiger partial charge in [-0.3, -0.25) is 9.69 Å². The fourth-order valence-electron chi connectivity index (χ4n) is 3.17. The van der Waals surface area contributed by atoms with Crippen LogP contribution in [0.5, 0.6) is 0 Å². The van der Waals surface area contributed by atoms with Crippen LogP contribution in [-0.4, -0.2) is 42.5 Å². The predicted octanol–water partition coefficient (Wildman–Crippen LogP) is 2.62. The Morgan fingerprint density at radius 2 is 1.88 bits per heavy atom. The first-order valence-electron chi connectivity index (χ1n) is 8.33. The number of rotatable bonds is 4. The molecule has 0 amide bonds. The van der Waals surface area contributed by atoms with Gasteiger partial charge in [-0.25, -0.2) is 0 Å². The molecule has 0 saturated carbocycles. The molecule has 24 heavy (non-hydrogen) atoms. The summed E-state index contributed by atoms with van der Waals surface area (Å²) < 4.78 is 0. The van der Waals surface area contributed by atoms with Crippen molar-refractivity contribution in [3.63, 3.8) is 0 Å². The van der Waals surface area contributed by atoms with Crippen molar-refractivity contribution in [1.29, 1.82) is 0 Å². The summed E-state index contributed by atoms with van der Waals surface area (Å²) in [6.07, 6.45) is 0. The Bertz CT molecular complexity index is 725. The SMILES string of the molecule is Cc1ccc(CN2CCN(C)c3ccc(C(=O)CO)cc3C2)cc1. The molecule has 2 aromatic rings. The maximum absolute atomic E-state index is 11.8. The fourth-order valence-corrected chi connectivity index (χ4v) is 3.17. The molecule has 1 N–H and O–H groups in total. The van der Waals surface area contributed by atoms with Crippen LogP contribution >= 0.6 is 0 Å². The second-order valence-electron chi connectivity index (χ2n) is 6.54. The summed E-state index contributed by atoms with van der Waals surface area (Å²) in [6, 6.07) is 14.4. The van der Waals surface area contributed by atoms with E-state index in [4.69, 9.17) is 5.11 Å². The number of anilines is 1. The Balaban J connectivity index is 1.83. The summed E-state index contributed by atoms with van der Waals surface area (Å²) in [7, 11) is 2.09. The predicted molar refractivity (Wildman–Crippen MR) is 96.4 cm³/mol. The van der Waals surface area contributed by atoms with Crippen molar-refractivity contribution >= 4 is 11.5 Å². The molecule has 0 aliphatic carbocycles. The van der Waals surface area contributed by atoms with Gasteiger partial charge in [-0.1, -0.05) is 29.8 Å². The van der Waals surface area contributed by atoms with Crippen LogP contribution in [0.15, 0.2) is 42.5 Å². The fraction of sp³-hybridized carbons (Fsp3) is 0.350. The van der Waals surface area contributed by atoms with Crippen molar-refractivity contribution in [2.75, 3.05) is 31.6 Å². The number of aryl methyl sites for hydroxylation is 1. The summed E-state index contributed by atoms with van der Waals surface area (Å²) in [5, 5.41) is 9.10. The third-order valence-electron chi connectivity index (χ3n) is 4.63. The Morgan fingerprint density at radius 3 is 2.58 bits per heavy atom. The highest BCUT2D eigenvalue weighted by Crippen LogP contribution is 2.26. The number of ketones is 1. The lowest BCUT2D eigenvalue weighted by molar-refractivity contribution is 0.0903. The van der Waals surface area contributed by atoms with E-state index in [9.17, 15) is 4.79 Å². The van der Waals surface area contributed by atoms with Crippen LogP contribution in [0.4, 0.5) is 5.69 Å². The van der Waals surface area contributed by atoms with Crippen LogP contribution in [-0.2, 0) is 13.1 Å². The average molecular weight is 324 g/mol. The lowest BCUT2D eigenvalue weighted by Crippen LogP contribution is -2.28. The maximum atomic E-state index is 11.8. The molecule has 0 radical (unpaired) electrons. The summed E-state index contributed by atoms with van der Waals surface area (Å²) in [5.41, 5.74) is 5.46. The van der Waals surface area contributed by atoms with Gasteiger partial charge in [-0.15, -0.1) is 0 Å². The van der Waals surface area contributed by atoms with Crippen LogP contribution in [0, 0.1) is 6.92 Å². The number of hydrogen-bond donors (Lipinski definition) is 1. The van der Waals surface area contributed by atoms with E-state index in [1.54, 1.807) is 0 Å². The summed E-state index contributed by atoms with van der Waals surface area (Å²) >= 11 is 0. The molecule has 4 nitrogen and oxygen atoms in total. The number of hydrogen-bond acceptors (Lipinski definition) is 4. The molecule has 1 aliphatic heterocycles. The lowest BCUT2D eigenvalue weighted by Gasteiger charge is -2.20. The van der Waals surface area contributed by atoms with Gasteiger partial charge >= 0.3 is 0 Å². The number of Topliss-reactive ketones (excluding diaryl/α,β-unsaturated/α-hetero) is 1. The Morgan fingerprint density at radius 1 is 1.12 bits per heavy atom. The lowest BCUT2D eigenvalue weighted by atomic mass is 10.0. The second-order valence-corrected chi connectivity index (χ2v) is 6.54. The van der Waals surface area contributed by atoms with Crippen LogP contribution < -0.4 is 4.90 Å². The summed E-state index contributed by atoms with van der Waals surface area (Å²) in [5.74, 6) is -0.227. The number of nitrogens with zero attached hydrogens (tertiary/aromatic N) is 2. The van der Waals surface area contributed by atoms with E-state index in [-0.39, 0.29) is 5.78 Å². The van der Waals surface area contributed by atoms with Crippen molar-refractivity contribution in [2.24, 2.45) is 0 Å². The standard InChI is InChI=1S/C20H24N2O2/c1-15-3-5-16(6-4-15)12-22-10-9-21(2)19-8-7-17(20(24)14-23)11-18(19)13-22/h3-8,11,23H,9-10,12-14H2,1-2H3. The number of carbonyl (C=O) groups is 1. The average Bonchev–Trinajstić information content (AvgIpc) is 2.75. The number of carbonyl (C=O) groups excluding carboxylic acids is 1. The minimum absolute atomic E-state index is 0.227. The third kappa shape index (κ3) is 3.66. The Labute approximate surface area is 143 Å². The van der Waals surface area contributed by atoms with Gasteiger partial charge in [-0.2, -0.15) is 0 Å². The molecule has 0 saturated heterocycles. The van der Waals surface area contributed by atoms with Crippen LogP contribution in [0.2, 0.25) is 0 Å². The van der Waals surface area contributed by atoms with E-state index in [0.717, 1.165) is 37.4 Å². The van der Waals surface area contributed by atoms with Gasteiger partial charge in [0.2, 0.25) is 0 Å². The zero-order valence-corrected chi connectivity index (χ0v) is 14.3. The van der Waals surface area contributed by atoms with Gasteiger partial charge in [0, 0.05) is 44.5 Å². The number of aliphatic hydroxyl groups is 1. The molecule has 4 heteroatoms. The maximum Gasteiger partial charge on any atom is 0.188 e. The molecule has 0 spiro atoms. The minimum atomic E-state index is -0.443. The molecular weight excluding hydrogens is 300 g/mol. The van der Waals surface area contributed by atoms with Crippen LogP contribution in [0.25, 0.3) is 0 Å². The number of benzene rings is 2. The van der Waals surface area contributed by atoms with E-state index < -0.39 is 6.61 Å². The van der Waals surface area contributed by atoms with E-state index in [1.165, 1.54) is 11.1 Å². The topological polar surface area (TPSA) is 43.8 Å². The van der Waals surface area contributed by atoms with Crippen molar-refractivity contribution in [2.45, 2.75) is 20.0 Å². The van der Waals surface area contributed by atoms with E-state index in [1.807, 2.05) is 18.2 Å². The molecule has 0 unspecified atom stereocenters. The van der Waals surface area contributed by atoms with Gasteiger partial charge in [0.15, 0.2) is 5.78 Å². The van der Waals surface area contributed by atoms with Crippen molar-refractivity contribution in [3.05, 3.63) is 64.7 Å². The highest BCUT2D eigenvalue weighted by Gasteiger charge is 2.19. The van der Waals surface area contributed by atoms with Crippen LogP contribution in [0.3, 0.4) is 0 Å². The van der Waals surface area contributed by atoms with Crippen molar-refractivity contribution in [1.82, 2.24) is 4.90 Å². The molecule has 0 bridgehead atoms. The van der Waals surface area contributed by atoms with E-state index >= 15 is 0 Å². The Kier molecular flexibility index (Phi) is 4.97. The first-order valence-corrected chi connectivity index (χ1v) is 8.33. The second kappa shape index (κ2) is 7.16. The smallest absolute Gasteiger partial charge is 0.188 e. The molecule has 1 aliphatic rings. The number of aliphatic hydroxyl groups excluding tert-OH is 1. The first kappa shape index (κ1) is 16.7. The summed E-state index contributed by atoms with van der Waals surface area (Å²) in [6.45, 7) is 5.28. The number of fused-ring (bicyclic) bond motifs is 1. The molecule has 0 aromatic heterocycles. The van der Waals surface area contributed by atoms with E-state index in [0.29, 0.717) is 5.56 Å². The third-order valence-corrected chi connectivity index (χ3v) is 4.63. The molecular formula is C20H24N2O2. The van der Waals surface area contributed by atoms with Crippen molar-refractivity contribution < 1.29 is 9.90 Å². The van der Waals surface area contributed by atoms with Crippen molar-refractivity contribution in [3.8, 4) is 0 Å². The molecule has 3 rings (SSSR count). The van der Waals surface area contributed by atoms with Gasteiger partial charge < -0.3 is 10.0 Å². The van der Waals surface area contributed by atoms with E-state index in [2.05, 4.69) is 48.0 Å².